The van der Waals surface area contributed by atoms with Gasteiger partial charge in [-0.05, 0) is 37.5 Å². The van der Waals surface area contributed by atoms with Crippen LogP contribution < -0.4 is 0 Å². The maximum Gasteiger partial charge on any atom is 0.472 e. The standard InChI is InChI=1S/C67H130O17P2/c1-7-10-12-14-15-26-32-39-45-51-66(71)83-62(55-77-64(69)49-43-35-13-11-8-2)57-81-85(73,74)79-53-61(68)54-80-86(75,76)82-58-63(56-78-65(70)50-44-38-34-29-30-36-41-47-59(4)5)84-67(72)52-46-40-33-28-25-23-21-19-17-16-18-20-22-24-27-31-37-42-48-60(6)9-3/h59-63,68H,7-58H2,1-6H3,(H,73,74)(H,75,76)/t60?,61-,62+,63+/m0/s1. The van der Waals surface area contributed by atoms with Crippen LogP contribution in [0.25, 0.3) is 0 Å². The molecule has 0 bridgehead atoms. The van der Waals surface area contributed by atoms with Gasteiger partial charge in [-0.3, -0.25) is 37.3 Å². The Morgan fingerprint density at radius 3 is 0.884 bits per heavy atom. The Morgan fingerprint density at radius 2 is 0.593 bits per heavy atom. The summed E-state index contributed by atoms with van der Waals surface area (Å²) in [5.74, 6) is -0.568. The number of aliphatic hydroxyl groups excluding tert-OH is 1. The second-order valence-corrected chi connectivity index (χ2v) is 27.8. The third-order valence-electron chi connectivity index (χ3n) is 15.8. The molecule has 17 nitrogen and oxygen atoms in total. The molecule has 0 aromatic carbocycles. The van der Waals surface area contributed by atoms with Gasteiger partial charge in [0.15, 0.2) is 12.2 Å². The fourth-order valence-corrected chi connectivity index (χ4v) is 11.6. The minimum atomic E-state index is -4.94. The first kappa shape index (κ1) is 84.1. The number of unbranched alkanes of at least 4 members (excludes halogenated alkanes) is 35. The van der Waals surface area contributed by atoms with Gasteiger partial charge in [0, 0.05) is 25.7 Å². The maximum absolute atomic E-state index is 13.0. The number of aliphatic hydroxyl groups is 1. The molecule has 0 aliphatic rings. The molecule has 0 amide bonds. The molecule has 86 heavy (non-hydrogen) atoms. The largest absolute Gasteiger partial charge is 0.472 e. The van der Waals surface area contributed by atoms with Gasteiger partial charge >= 0.3 is 39.5 Å². The highest BCUT2D eigenvalue weighted by Gasteiger charge is 2.30. The first-order chi connectivity index (χ1) is 41.4. The van der Waals surface area contributed by atoms with Gasteiger partial charge in [-0.1, -0.05) is 286 Å². The normalized spacial score (nSPS) is 14.5. The maximum atomic E-state index is 13.0. The fourth-order valence-electron chi connectivity index (χ4n) is 10.0. The van der Waals surface area contributed by atoms with Crippen molar-refractivity contribution in [1.82, 2.24) is 0 Å². The first-order valence-corrected chi connectivity index (χ1v) is 38.0. The number of carbonyl (C=O) groups excluding carboxylic acids is 4. The number of phosphoric acid groups is 2. The zero-order chi connectivity index (χ0) is 63.6. The molecule has 0 aromatic rings. The van der Waals surface area contributed by atoms with E-state index in [4.69, 9.17) is 37.0 Å². The van der Waals surface area contributed by atoms with Crippen LogP contribution in [0.15, 0.2) is 0 Å². The number of esters is 4. The summed E-state index contributed by atoms with van der Waals surface area (Å²) in [5.41, 5.74) is 0. The summed E-state index contributed by atoms with van der Waals surface area (Å²) < 4.78 is 67.8. The van der Waals surface area contributed by atoms with Crippen molar-refractivity contribution in [2.45, 2.75) is 355 Å². The Kier molecular flexibility index (Phi) is 58.0. The van der Waals surface area contributed by atoms with Crippen molar-refractivity contribution in [3.05, 3.63) is 0 Å². The predicted molar refractivity (Wildman–Crippen MR) is 345 cm³/mol. The van der Waals surface area contributed by atoms with Crippen LogP contribution in [-0.4, -0.2) is 96.7 Å². The molecular formula is C67H130O17P2. The van der Waals surface area contributed by atoms with E-state index in [9.17, 15) is 43.2 Å². The van der Waals surface area contributed by atoms with Crippen LogP contribution in [0.1, 0.15) is 337 Å². The van der Waals surface area contributed by atoms with Gasteiger partial charge < -0.3 is 33.8 Å². The van der Waals surface area contributed by atoms with Crippen LogP contribution >= 0.6 is 15.6 Å². The molecule has 3 N–H and O–H groups in total. The lowest BCUT2D eigenvalue weighted by atomic mass is 9.99. The Balaban J connectivity index is 5.05. The third kappa shape index (κ3) is 59.7. The van der Waals surface area contributed by atoms with Gasteiger partial charge in [0.1, 0.15) is 19.3 Å². The summed E-state index contributed by atoms with van der Waals surface area (Å²) in [5, 5.41) is 10.5. The number of hydrogen-bond donors (Lipinski definition) is 3. The summed E-state index contributed by atoms with van der Waals surface area (Å²) in [6.45, 7) is 9.42. The minimum Gasteiger partial charge on any atom is -0.462 e. The van der Waals surface area contributed by atoms with Gasteiger partial charge in [-0.25, -0.2) is 9.13 Å². The van der Waals surface area contributed by atoms with Crippen LogP contribution in [0.2, 0.25) is 0 Å². The van der Waals surface area contributed by atoms with Gasteiger partial charge in [0.2, 0.25) is 0 Å². The topological polar surface area (TPSA) is 237 Å². The van der Waals surface area contributed by atoms with E-state index in [1.807, 2.05) is 0 Å². The van der Waals surface area contributed by atoms with Crippen molar-refractivity contribution in [3.63, 3.8) is 0 Å². The smallest absolute Gasteiger partial charge is 0.462 e. The minimum absolute atomic E-state index is 0.105. The van der Waals surface area contributed by atoms with Gasteiger partial charge in [-0.15, -0.1) is 0 Å². The van der Waals surface area contributed by atoms with Crippen LogP contribution in [-0.2, 0) is 65.4 Å². The van der Waals surface area contributed by atoms with Crippen molar-refractivity contribution < 1.29 is 80.2 Å². The number of ether oxygens (including phenoxy) is 4. The molecule has 3 unspecified atom stereocenters. The van der Waals surface area contributed by atoms with E-state index in [2.05, 4.69) is 41.5 Å². The number of carbonyl (C=O) groups is 4. The highest BCUT2D eigenvalue weighted by molar-refractivity contribution is 7.47. The third-order valence-corrected chi connectivity index (χ3v) is 17.7. The molecule has 0 fully saturated rings. The lowest BCUT2D eigenvalue weighted by Crippen LogP contribution is -2.30. The first-order valence-electron chi connectivity index (χ1n) is 35.0. The Hall–Kier alpha value is -1.94. The summed E-state index contributed by atoms with van der Waals surface area (Å²) >= 11 is 0. The molecule has 0 rings (SSSR count). The zero-order valence-electron chi connectivity index (χ0n) is 55.6. The number of hydrogen-bond acceptors (Lipinski definition) is 15. The summed E-state index contributed by atoms with van der Waals surface area (Å²) in [7, 11) is -9.88. The van der Waals surface area contributed by atoms with Crippen molar-refractivity contribution in [1.29, 1.82) is 0 Å². The van der Waals surface area contributed by atoms with E-state index in [-0.39, 0.29) is 25.7 Å². The lowest BCUT2D eigenvalue weighted by molar-refractivity contribution is -0.161. The van der Waals surface area contributed by atoms with Gasteiger partial charge in [-0.2, -0.15) is 0 Å². The van der Waals surface area contributed by atoms with E-state index in [1.54, 1.807) is 0 Å². The molecule has 0 saturated heterocycles. The van der Waals surface area contributed by atoms with Crippen LogP contribution in [0.3, 0.4) is 0 Å². The molecular weight excluding hydrogens is 1140 g/mol. The second kappa shape index (κ2) is 59.4. The van der Waals surface area contributed by atoms with Crippen LogP contribution in [0, 0.1) is 11.8 Å². The molecule has 0 spiro atoms. The number of phosphoric ester groups is 2. The number of rotatable bonds is 66. The SMILES string of the molecule is CCCCCCCCCCCC(=O)O[C@H](COC(=O)CCCCCCC)COP(=O)(O)OC[C@H](O)COP(=O)(O)OC[C@@H](COC(=O)CCCCCCCCCC(C)C)OC(=O)CCCCCCCCCCCCCCCCCCCCC(C)CC. The quantitative estimate of drug-likeness (QED) is 0.0222. The van der Waals surface area contributed by atoms with E-state index in [0.29, 0.717) is 31.6 Å². The summed E-state index contributed by atoms with van der Waals surface area (Å²) in [6.07, 6.45) is 43.7. The predicted octanol–water partition coefficient (Wildman–Crippen LogP) is 18.8. The molecule has 19 heteroatoms. The molecule has 0 radical (unpaired) electrons. The van der Waals surface area contributed by atoms with E-state index in [0.717, 1.165) is 109 Å². The zero-order valence-corrected chi connectivity index (χ0v) is 57.4. The highest BCUT2D eigenvalue weighted by Crippen LogP contribution is 2.45. The monoisotopic (exact) mass is 1270 g/mol. The molecule has 6 atom stereocenters. The fraction of sp³-hybridized carbons (Fsp3) is 0.940. The van der Waals surface area contributed by atoms with Gasteiger partial charge in [0.25, 0.3) is 0 Å². The van der Waals surface area contributed by atoms with E-state index < -0.39 is 97.5 Å². The van der Waals surface area contributed by atoms with Crippen LogP contribution in [0.5, 0.6) is 0 Å². The Morgan fingerprint density at radius 1 is 0.337 bits per heavy atom. The van der Waals surface area contributed by atoms with Crippen molar-refractivity contribution in [2.24, 2.45) is 11.8 Å². The highest BCUT2D eigenvalue weighted by atomic mass is 31.2. The van der Waals surface area contributed by atoms with Crippen molar-refractivity contribution in [3.8, 4) is 0 Å². The molecule has 510 valence electrons. The van der Waals surface area contributed by atoms with E-state index in [1.165, 1.54) is 141 Å². The Labute approximate surface area is 524 Å². The van der Waals surface area contributed by atoms with Crippen LogP contribution in [0.4, 0.5) is 0 Å². The molecule has 0 saturated carbocycles. The Bertz CT molecular complexity index is 1690. The molecule has 0 aromatic heterocycles. The van der Waals surface area contributed by atoms with Crippen molar-refractivity contribution >= 4 is 39.5 Å². The van der Waals surface area contributed by atoms with E-state index >= 15 is 0 Å². The molecule has 0 aliphatic carbocycles. The second-order valence-electron chi connectivity index (χ2n) is 24.9. The van der Waals surface area contributed by atoms with Gasteiger partial charge in [0.05, 0.1) is 26.4 Å². The molecule has 0 aliphatic heterocycles. The average Bonchev–Trinajstić information content (AvgIpc) is 3.52. The summed E-state index contributed by atoms with van der Waals surface area (Å²) in [4.78, 5) is 72.0. The average molecular weight is 1270 g/mol. The molecule has 0 heterocycles. The van der Waals surface area contributed by atoms with Crippen molar-refractivity contribution in [2.75, 3.05) is 39.6 Å². The lowest BCUT2D eigenvalue weighted by Gasteiger charge is -2.21. The summed E-state index contributed by atoms with van der Waals surface area (Å²) in [6, 6.07) is 0.